The normalized spacial score (nSPS) is 20.6. The van der Waals surface area contributed by atoms with Gasteiger partial charge in [-0.3, -0.25) is 9.59 Å². The molecular weight excluding hydrogens is 320 g/mol. The number of ketones is 1. The van der Waals surface area contributed by atoms with Gasteiger partial charge in [-0.25, -0.2) is 0 Å². The molecule has 0 fully saturated rings. The van der Waals surface area contributed by atoms with Crippen LogP contribution < -0.4 is 0 Å². The summed E-state index contributed by atoms with van der Waals surface area (Å²) in [5.74, 6) is -1.47. The molecule has 0 N–H and O–H groups in total. The zero-order chi connectivity index (χ0) is 17.1. The Morgan fingerprint density at radius 3 is 2.62 bits per heavy atom. The first kappa shape index (κ1) is 16.7. The van der Waals surface area contributed by atoms with Crippen molar-refractivity contribution in [2.45, 2.75) is 26.2 Å². The molecule has 0 saturated heterocycles. The summed E-state index contributed by atoms with van der Waals surface area (Å²) in [6.45, 7) is 4.09. The Labute approximate surface area is 146 Å². The molecule has 0 radical (unpaired) electrons. The first-order valence-corrected chi connectivity index (χ1v) is 8.99. The minimum absolute atomic E-state index is 0.155. The minimum atomic E-state index is -0.738. The molecule has 124 valence electrons. The number of hydrogen-bond acceptors (Lipinski definition) is 4. The second-order valence-corrected chi connectivity index (χ2v) is 6.97. The predicted molar refractivity (Wildman–Crippen MR) is 96.0 cm³/mol. The lowest BCUT2D eigenvalue weighted by atomic mass is 9.76. The number of rotatable bonds is 4. The van der Waals surface area contributed by atoms with Crippen LogP contribution in [0.5, 0.6) is 0 Å². The van der Waals surface area contributed by atoms with Crippen molar-refractivity contribution in [1.29, 1.82) is 0 Å². The summed E-state index contributed by atoms with van der Waals surface area (Å²) < 4.78 is 5.15. The minimum Gasteiger partial charge on any atom is -0.465 e. The van der Waals surface area contributed by atoms with Crippen molar-refractivity contribution in [2.75, 3.05) is 6.61 Å². The second kappa shape index (κ2) is 7.14. The first-order valence-electron chi connectivity index (χ1n) is 8.11. The van der Waals surface area contributed by atoms with Crippen molar-refractivity contribution in [1.82, 2.24) is 0 Å². The van der Waals surface area contributed by atoms with E-state index < -0.39 is 11.9 Å². The summed E-state index contributed by atoms with van der Waals surface area (Å²) in [6, 6.07) is 12.1. The Kier molecular flexibility index (Phi) is 4.95. The molecule has 2 atom stereocenters. The second-order valence-electron chi connectivity index (χ2n) is 5.99. The summed E-state index contributed by atoms with van der Waals surface area (Å²) in [5, 5.41) is 1.98. The quantitative estimate of drug-likeness (QED) is 0.613. The summed E-state index contributed by atoms with van der Waals surface area (Å²) in [6.07, 6.45) is 2.29. The highest BCUT2D eigenvalue weighted by molar-refractivity contribution is 7.10. The maximum Gasteiger partial charge on any atom is 0.317 e. The third-order valence-corrected chi connectivity index (χ3v) is 5.34. The monoisotopic (exact) mass is 340 g/mol. The Morgan fingerprint density at radius 2 is 2.00 bits per heavy atom. The third kappa shape index (κ3) is 3.34. The summed E-state index contributed by atoms with van der Waals surface area (Å²) >= 11 is 1.58. The highest BCUT2D eigenvalue weighted by Crippen LogP contribution is 2.41. The van der Waals surface area contributed by atoms with E-state index in [1.54, 1.807) is 24.3 Å². The lowest BCUT2D eigenvalue weighted by Gasteiger charge is -2.28. The van der Waals surface area contributed by atoms with E-state index in [4.69, 9.17) is 4.74 Å². The zero-order valence-corrected chi connectivity index (χ0v) is 14.6. The number of carbonyl (C=O) groups excluding carboxylic acids is 2. The molecule has 1 aromatic heterocycles. The molecule has 0 bridgehead atoms. The molecule has 0 saturated carbocycles. The van der Waals surface area contributed by atoms with E-state index in [1.165, 1.54) is 5.56 Å². The number of benzene rings is 1. The fraction of sp³-hybridized carbons (Fsp3) is 0.300. The molecule has 0 spiro atoms. The van der Waals surface area contributed by atoms with Gasteiger partial charge in [0.2, 0.25) is 0 Å². The Bertz CT molecular complexity index is 757. The van der Waals surface area contributed by atoms with Crippen molar-refractivity contribution in [3.63, 3.8) is 0 Å². The number of thiophene rings is 1. The van der Waals surface area contributed by atoms with Crippen molar-refractivity contribution in [2.24, 2.45) is 5.92 Å². The van der Waals surface area contributed by atoms with Gasteiger partial charge in [0.25, 0.3) is 0 Å². The van der Waals surface area contributed by atoms with Crippen molar-refractivity contribution in [3.8, 4) is 0 Å². The Balaban J connectivity index is 1.98. The van der Waals surface area contributed by atoms with Gasteiger partial charge in [-0.05, 0) is 48.9 Å². The molecule has 0 aliphatic heterocycles. The van der Waals surface area contributed by atoms with Gasteiger partial charge in [-0.2, -0.15) is 0 Å². The molecule has 0 unspecified atom stereocenters. The van der Waals surface area contributed by atoms with E-state index >= 15 is 0 Å². The van der Waals surface area contributed by atoms with E-state index in [9.17, 15) is 9.59 Å². The molecule has 1 aliphatic rings. The summed E-state index contributed by atoms with van der Waals surface area (Å²) in [7, 11) is 0. The summed E-state index contributed by atoms with van der Waals surface area (Å²) in [4.78, 5) is 26.1. The van der Waals surface area contributed by atoms with Gasteiger partial charge in [0, 0.05) is 10.8 Å². The number of hydrogen-bond donors (Lipinski definition) is 0. The molecule has 24 heavy (non-hydrogen) atoms. The van der Waals surface area contributed by atoms with Crippen LogP contribution in [0.3, 0.4) is 0 Å². The largest absolute Gasteiger partial charge is 0.465 e. The van der Waals surface area contributed by atoms with Gasteiger partial charge in [0.15, 0.2) is 5.78 Å². The Morgan fingerprint density at radius 1 is 1.25 bits per heavy atom. The van der Waals surface area contributed by atoms with E-state index in [-0.39, 0.29) is 18.3 Å². The van der Waals surface area contributed by atoms with Crippen LogP contribution >= 0.6 is 11.3 Å². The molecule has 2 aromatic rings. The third-order valence-electron chi connectivity index (χ3n) is 4.34. The van der Waals surface area contributed by atoms with Crippen LogP contribution in [0.25, 0.3) is 5.57 Å². The topological polar surface area (TPSA) is 43.4 Å². The average Bonchev–Trinajstić information content (AvgIpc) is 3.09. The average molecular weight is 340 g/mol. The van der Waals surface area contributed by atoms with Crippen LogP contribution in [-0.2, 0) is 14.3 Å². The van der Waals surface area contributed by atoms with Crippen molar-refractivity contribution >= 4 is 28.7 Å². The van der Waals surface area contributed by atoms with Crippen LogP contribution in [0, 0.1) is 12.8 Å². The van der Waals surface area contributed by atoms with Crippen molar-refractivity contribution < 1.29 is 14.3 Å². The number of carbonyl (C=O) groups is 2. The van der Waals surface area contributed by atoms with Crippen LogP contribution in [0.15, 0.2) is 47.9 Å². The maximum absolute atomic E-state index is 12.7. The van der Waals surface area contributed by atoms with Gasteiger partial charge in [0.1, 0.15) is 5.92 Å². The van der Waals surface area contributed by atoms with Crippen LogP contribution in [-0.4, -0.2) is 18.4 Å². The maximum atomic E-state index is 12.7. The zero-order valence-electron chi connectivity index (χ0n) is 13.8. The van der Waals surface area contributed by atoms with Gasteiger partial charge >= 0.3 is 5.97 Å². The number of aryl methyl sites for hydroxylation is 1. The van der Waals surface area contributed by atoms with Gasteiger partial charge in [-0.1, -0.05) is 35.9 Å². The number of allylic oxidation sites excluding steroid dienone is 2. The molecular formula is C20H20O3S. The molecule has 1 heterocycles. The molecule has 0 amide bonds. The predicted octanol–water partition coefficient (Wildman–Crippen LogP) is 4.38. The van der Waals surface area contributed by atoms with E-state index in [0.29, 0.717) is 6.42 Å². The van der Waals surface area contributed by atoms with Gasteiger partial charge in [0.05, 0.1) is 6.61 Å². The lowest BCUT2D eigenvalue weighted by Crippen LogP contribution is -2.33. The summed E-state index contributed by atoms with van der Waals surface area (Å²) in [5.41, 5.74) is 3.21. The fourth-order valence-electron chi connectivity index (χ4n) is 3.12. The van der Waals surface area contributed by atoms with Crippen molar-refractivity contribution in [3.05, 3.63) is 63.9 Å². The highest BCUT2D eigenvalue weighted by Gasteiger charge is 2.40. The molecule has 1 aromatic carbocycles. The van der Waals surface area contributed by atoms with Gasteiger partial charge < -0.3 is 4.74 Å². The van der Waals surface area contributed by atoms with E-state index in [0.717, 1.165) is 16.0 Å². The van der Waals surface area contributed by atoms with E-state index in [1.807, 2.05) is 48.7 Å². The molecule has 4 heteroatoms. The van der Waals surface area contributed by atoms with Gasteiger partial charge in [-0.15, -0.1) is 11.3 Å². The van der Waals surface area contributed by atoms with E-state index in [2.05, 4.69) is 0 Å². The van der Waals surface area contributed by atoms with Crippen LogP contribution in [0.2, 0.25) is 0 Å². The molecule has 3 nitrogen and oxygen atoms in total. The molecule has 3 rings (SSSR count). The SMILES string of the molecule is CCOC(=O)[C@@H]1C(=O)C=C(c2ccc(C)cc2)C[C@@H]1c1cccs1. The van der Waals surface area contributed by atoms with Crippen LogP contribution in [0.4, 0.5) is 0 Å². The first-order chi connectivity index (χ1) is 11.6. The lowest BCUT2D eigenvalue weighted by molar-refractivity contribution is -0.151. The standard InChI is InChI=1S/C20H20O3S/c1-3-23-20(22)19-16(18-5-4-10-24-18)11-15(12-17(19)21)14-8-6-13(2)7-9-14/h4-10,12,16,19H,3,11H2,1-2H3/t16-,19+/m1/s1. The molecule has 1 aliphatic carbocycles. The number of esters is 1. The smallest absolute Gasteiger partial charge is 0.317 e. The van der Waals surface area contributed by atoms with Crippen LogP contribution in [0.1, 0.15) is 35.3 Å². The highest BCUT2D eigenvalue weighted by atomic mass is 32.1. The number of ether oxygens (including phenoxy) is 1. The fourth-order valence-corrected chi connectivity index (χ4v) is 3.99. The Hall–Kier alpha value is -2.20.